The first-order valence-corrected chi connectivity index (χ1v) is 8.60. The molecule has 0 unspecified atom stereocenters. The maximum absolute atomic E-state index is 11.4. The summed E-state index contributed by atoms with van der Waals surface area (Å²) in [5.41, 5.74) is 3.13. The van der Waals surface area contributed by atoms with Gasteiger partial charge in [0.25, 0.3) is 6.29 Å². The molecule has 0 saturated heterocycles. The van der Waals surface area contributed by atoms with Crippen molar-refractivity contribution in [1.29, 1.82) is 0 Å². The molecule has 0 aromatic heterocycles. The summed E-state index contributed by atoms with van der Waals surface area (Å²) in [7, 11) is 0. The van der Waals surface area contributed by atoms with Gasteiger partial charge in [-0.25, -0.2) is 0 Å². The molecule has 4 nitrogen and oxygen atoms in total. The maximum atomic E-state index is 11.4. The molecule has 0 aliphatic rings. The van der Waals surface area contributed by atoms with E-state index in [1.165, 1.54) is 19.4 Å². The third kappa shape index (κ3) is 6.99. The van der Waals surface area contributed by atoms with Gasteiger partial charge in [-0.1, -0.05) is 51.0 Å². The van der Waals surface area contributed by atoms with E-state index < -0.39 is 18.2 Å². The second-order valence-corrected chi connectivity index (χ2v) is 5.82. The molecule has 0 spiro atoms. The lowest BCUT2D eigenvalue weighted by molar-refractivity contribution is -0.178. The molecular formula is C20H28O4. The first-order chi connectivity index (χ1) is 11.5. The molecule has 0 saturated carbocycles. The standard InChI is InChI=1S/C20H28O4/c1-5-7-11-17-12-8-9-13-18(17)14-19(10-6-2)20(23-15(3)21)24-16(4)22/h8-9,12-14,20H,5-7,10-11H2,1-4H3. The van der Waals surface area contributed by atoms with Crippen molar-refractivity contribution in [3.05, 3.63) is 41.0 Å². The van der Waals surface area contributed by atoms with Crippen molar-refractivity contribution in [1.82, 2.24) is 0 Å². The number of rotatable bonds is 9. The van der Waals surface area contributed by atoms with Crippen molar-refractivity contribution in [2.45, 2.75) is 66.1 Å². The Bertz CT molecular complexity index is 559. The molecule has 4 heteroatoms. The van der Waals surface area contributed by atoms with Gasteiger partial charge in [-0.3, -0.25) is 9.59 Å². The number of ether oxygens (including phenoxy) is 2. The first kappa shape index (κ1) is 19.9. The van der Waals surface area contributed by atoms with E-state index in [0.29, 0.717) is 6.42 Å². The Hall–Kier alpha value is -2.10. The van der Waals surface area contributed by atoms with Crippen molar-refractivity contribution in [2.24, 2.45) is 0 Å². The average Bonchev–Trinajstić information content (AvgIpc) is 2.52. The Morgan fingerprint density at radius 3 is 2.21 bits per heavy atom. The Morgan fingerprint density at radius 2 is 1.67 bits per heavy atom. The van der Waals surface area contributed by atoms with E-state index in [2.05, 4.69) is 13.0 Å². The Balaban J connectivity index is 3.17. The zero-order valence-electron chi connectivity index (χ0n) is 15.1. The highest BCUT2D eigenvalue weighted by atomic mass is 16.7. The van der Waals surface area contributed by atoms with E-state index in [1.807, 2.05) is 31.2 Å². The predicted molar refractivity (Wildman–Crippen MR) is 95.3 cm³/mol. The molecule has 0 aliphatic carbocycles. The number of hydrogen-bond acceptors (Lipinski definition) is 4. The van der Waals surface area contributed by atoms with E-state index in [9.17, 15) is 9.59 Å². The van der Waals surface area contributed by atoms with E-state index in [0.717, 1.165) is 36.8 Å². The summed E-state index contributed by atoms with van der Waals surface area (Å²) in [5.74, 6) is -0.940. The molecule has 0 radical (unpaired) electrons. The number of hydrogen-bond donors (Lipinski definition) is 0. The maximum Gasteiger partial charge on any atom is 0.305 e. The van der Waals surface area contributed by atoms with Gasteiger partial charge >= 0.3 is 11.9 Å². The second kappa shape index (κ2) is 10.6. The van der Waals surface area contributed by atoms with Crippen LogP contribution in [0.4, 0.5) is 0 Å². The zero-order valence-corrected chi connectivity index (χ0v) is 15.1. The van der Waals surface area contributed by atoms with Gasteiger partial charge < -0.3 is 9.47 Å². The minimum absolute atomic E-state index is 0.470. The minimum Gasteiger partial charge on any atom is -0.421 e. The third-order valence-corrected chi connectivity index (χ3v) is 3.58. The van der Waals surface area contributed by atoms with Gasteiger partial charge in [0.1, 0.15) is 0 Å². The molecule has 1 aromatic rings. The summed E-state index contributed by atoms with van der Waals surface area (Å²) in [4.78, 5) is 22.7. The number of carbonyl (C=O) groups is 2. The lowest BCUT2D eigenvalue weighted by Gasteiger charge is -2.20. The molecule has 0 fully saturated rings. The van der Waals surface area contributed by atoms with Crippen LogP contribution in [0.15, 0.2) is 29.8 Å². The molecular weight excluding hydrogens is 304 g/mol. The second-order valence-electron chi connectivity index (χ2n) is 5.82. The van der Waals surface area contributed by atoms with Crippen molar-refractivity contribution < 1.29 is 19.1 Å². The lowest BCUT2D eigenvalue weighted by Crippen LogP contribution is -2.24. The highest BCUT2D eigenvalue weighted by Crippen LogP contribution is 2.22. The molecule has 1 rings (SSSR count). The van der Waals surface area contributed by atoms with Gasteiger partial charge in [-0.05, 0) is 36.5 Å². The highest BCUT2D eigenvalue weighted by molar-refractivity contribution is 5.69. The number of unbranched alkanes of at least 4 members (excludes halogenated alkanes) is 1. The van der Waals surface area contributed by atoms with Crippen LogP contribution in [0.5, 0.6) is 0 Å². The van der Waals surface area contributed by atoms with Gasteiger partial charge in [0.15, 0.2) is 0 Å². The monoisotopic (exact) mass is 332 g/mol. The Labute approximate surface area is 144 Å². The van der Waals surface area contributed by atoms with Crippen molar-refractivity contribution in [3.63, 3.8) is 0 Å². The molecule has 0 heterocycles. The molecule has 0 aliphatic heterocycles. The zero-order chi connectivity index (χ0) is 17.9. The number of carbonyl (C=O) groups excluding carboxylic acids is 2. The van der Waals surface area contributed by atoms with Crippen molar-refractivity contribution in [3.8, 4) is 0 Å². The number of aryl methyl sites for hydroxylation is 1. The largest absolute Gasteiger partial charge is 0.421 e. The van der Waals surface area contributed by atoms with E-state index in [1.54, 1.807) is 0 Å². The molecule has 132 valence electrons. The topological polar surface area (TPSA) is 52.6 Å². The van der Waals surface area contributed by atoms with Crippen LogP contribution in [-0.2, 0) is 25.5 Å². The molecule has 1 aromatic carbocycles. The Kier molecular flexibility index (Phi) is 8.84. The number of esters is 2. The van der Waals surface area contributed by atoms with Crippen LogP contribution in [0.2, 0.25) is 0 Å². The fraction of sp³-hybridized carbons (Fsp3) is 0.500. The van der Waals surface area contributed by atoms with E-state index >= 15 is 0 Å². The molecule has 0 amide bonds. The first-order valence-electron chi connectivity index (χ1n) is 8.60. The number of benzene rings is 1. The highest BCUT2D eigenvalue weighted by Gasteiger charge is 2.20. The summed E-state index contributed by atoms with van der Waals surface area (Å²) in [6, 6.07) is 8.16. The van der Waals surface area contributed by atoms with Gasteiger partial charge in [0.2, 0.25) is 0 Å². The summed E-state index contributed by atoms with van der Waals surface area (Å²) in [5, 5.41) is 0. The van der Waals surface area contributed by atoms with E-state index in [-0.39, 0.29) is 0 Å². The van der Waals surface area contributed by atoms with Crippen LogP contribution in [0.1, 0.15) is 64.5 Å². The minimum atomic E-state index is -0.959. The SMILES string of the molecule is CCCCc1ccccc1C=C(CCC)C(OC(C)=O)OC(C)=O. The molecule has 24 heavy (non-hydrogen) atoms. The fourth-order valence-corrected chi connectivity index (χ4v) is 2.49. The Morgan fingerprint density at radius 1 is 1.04 bits per heavy atom. The normalized spacial score (nSPS) is 11.5. The smallest absolute Gasteiger partial charge is 0.305 e. The van der Waals surface area contributed by atoms with Crippen molar-refractivity contribution >= 4 is 18.0 Å². The van der Waals surface area contributed by atoms with Gasteiger partial charge in [0.05, 0.1) is 0 Å². The predicted octanol–water partition coefficient (Wildman–Crippen LogP) is 4.67. The van der Waals surface area contributed by atoms with E-state index in [4.69, 9.17) is 9.47 Å². The van der Waals surface area contributed by atoms with Crippen LogP contribution in [-0.4, -0.2) is 18.2 Å². The van der Waals surface area contributed by atoms with Gasteiger partial charge in [-0.2, -0.15) is 0 Å². The molecule has 0 N–H and O–H groups in total. The quantitative estimate of drug-likeness (QED) is 0.487. The lowest BCUT2D eigenvalue weighted by atomic mass is 9.98. The van der Waals surface area contributed by atoms with Gasteiger partial charge in [0, 0.05) is 19.4 Å². The van der Waals surface area contributed by atoms with Crippen LogP contribution in [0, 0.1) is 0 Å². The van der Waals surface area contributed by atoms with Crippen molar-refractivity contribution in [2.75, 3.05) is 0 Å². The van der Waals surface area contributed by atoms with Gasteiger partial charge in [-0.15, -0.1) is 0 Å². The molecule has 0 bridgehead atoms. The summed E-state index contributed by atoms with van der Waals surface area (Å²) >= 11 is 0. The molecule has 0 atom stereocenters. The third-order valence-electron chi connectivity index (χ3n) is 3.58. The fourth-order valence-electron chi connectivity index (χ4n) is 2.49. The van der Waals surface area contributed by atoms with Crippen LogP contribution in [0.25, 0.3) is 6.08 Å². The van der Waals surface area contributed by atoms with Crippen LogP contribution < -0.4 is 0 Å². The summed E-state index contributed by atoms with van der Waals surface area (Å²) in [6.45, 7) is 6.83. The average molecular weight is 332 g/mol. The van der Waals surface area contributed by atoms with Crippen LogP contribution in [0.3, 0.4) is 0 Å². The summed E-state index contributed by atoms with van der Waals surface area (Å²) in [6.07, 6.45) is 5.82. The van der Waals surface area contributed by atoms with Crippen LogP contribution >= 0.6 is 0 Å². The summed E-state index contributed by atoms with van der Waals surface area (Å²) < 4.78 is 10.4.